The highest BCUT2D eigenvalue weighted by molar-refractivity contribution is 6.56. The fourth-order valence-electron chi connectivity index (χ4n) is 5.01. The number of fused-ring (bicyclic) bond motifs is 1. The van der Waals surface area contributed by atoms with Crippen molar-refractivity contribution in [1.82, 2.24) is 0 Å². The van der Waals surface area contributed by atoms with Crippen LogP contribution in [0.3, 0.4) is 0 Å². The SMILES string of the molecule is C/C=C(\CC)C1=CC(=C2CC2)c2cc(C)cc(C(C)[B]c3ccccc3C(=O)O)c2O1.CC.Cc1ccc(C#N)c(F)c1. The van der Waals surface area contributed by atoms with Crippen molar-refractivity contribution in [3.8, 4) is 11.8 Å². The molecule has 0 amide bonds. The summed E-state index contributed by atoms with van der Waals surface area (Å²) in [5.41, 5.74) is 9.39. The largest absolute Gasteiger partial charge is 0.478 e. The Hall–Kier alpha value is -4.37. The van der Waals surface area contributed by atoms with E-state index in [1.54, 1.807) is 31.2 Å². The molecule has 2 aliphatic rings. The van der Waals surface area contributed by atoms with Crippen LogP contribution in [0.1, 0.15) is 97.9 Å². The molecule has 6 heteroatoms. The lowest BCUT2D eigenvalue weighted by molar-refractivity contribution is 0.0698. The van der Waals surface area contributed by atoms with Crippen LogP contribution in [0.5, 0.6) is 5.75 Å². The van der Waals surface area contributed by atoms with E-state index in [0.717, 1.165) is 52.9 Å². The highest BCUT2D eigenvalue weighted by Gasteiger charge is 2.29. The summed E-state index contributed by atoms with van der Waals surface area (Å²) >= 11 is 0. The molecule has 1 atom stereocenters. The first-order valence-corrected chi connectivity index (χ1v) is 14.9. The van der Waals surface area contributed by atoms with E-state index in [-0.39, 0.29) is 11.4 Å². The number of hydrogen-bond acceptors (Lipinski definition) is 3. The van der Waals surface area contributed by atoms with Crippen molar-refractivity contribution in [3.05, 3.63) is 123 Å². The molecule has 221 valence electrons. The number of aryl methyl sites for hydroxylation is 2. The molecule has 0 saturated heterocycles. The van der Waals surface area contributed by atoms with Gasteiger partial charge in [-0.25, -0.2) is 9.18 Å². The van der Waals surface area contributed by atoms with Gasteiger partial charge in [-0.15, -0.1) is 0 Å². The number of nitriles is 1. The minimum Gasteiger partial charge on any atom is -0.478 e. The predicted molar refractivity (Wildman–Crippen MR) is 174 cm³/mol. The van der Waals surface area contributed by atoms with Crippen LogP contribution in [0.2, 0.25) is 0 Å². The fourth-order valence-corrected chi connectivity index (χ4v) is 5.01. The first-order chi connectivity index (χ1) is 20.7. The van der Waals surface area contributed by atoms with Gasteiger partial charge in [0.2, 0.25) is 0 Å². The number of hydrogen-bond donors (Lipinski definition) is 1. The van der Waals surface area contributed by atoms with E-state index in [1.165, 1.54) is 34.4 Å². The van der Waals surface area contributed by atoms with Crippen LogP contribution in [0.15, 0.2) is 83.7 Å². The molecular weight excluding hydrogens is 536 g/mol. The molecule has 0 spiro atoms. The third kappa shape index (κ3) is 8.14. The maximum absolute atomic E-state index is 12.6. The number of nitrogens with zero attached hydrogens (tertiary/aromatic N) is 1. The average molecular weight is 577 g/mol. The predicted octanol–water partition coefficient (Wildman–Crippen LogP) is 9.00. The fraction of sp³-hybridized carbons (Fsp3) is 0.297. The van der Waals surface area contributed by atoms with Gasteiger partial charge in [-0.05, 0) is 104 Å². The monoisotopic (exact) mass is 576 g/mol. The van der Waals surface area contributed by atoms with Gasteiger partial charge in [0.15, 0.2) is 7.28 Å². The standard InChI is InChI=1S/C27H28BO3.C8H6FN.C2H6/c1-5-18(6-2)25-15-22(19-11-12-19)23-14-16(3)13-21(26(23)31-25)17(4)28-24-10-8-7-9-20(24)27(29)30;1-6-2-3-7(5-10)8(9)4-6;1-2/h5,7-10,13-15,17H,6,11-12H2,1-4H3,(H,29,30);2-4H,1H3;1-2H3/b18-5+;;. The van der Waals surface area contributed by atoms with E-state index < -0.39 is 11.8 Å². The van der Waals surface area contributed by atoms with Crippen molar-refractivity contribution >= 4 is 24.3 Å². The maximum Gasteiger partial charge on any atom is 0.335 e. The van der Waals surface area contributed by atoms with Gasteiger partial charge in [0.25, 0.3) is 0 Å². The van der Waals surface area contributed by atoms with Gasteiger partial charge in [-0.3, -0.25) is 0 Å². The van der Waals surface area contributed by atoms with Crippen LogP contribution in [-0.4, -0.2) is 18.4 Å². The molecule has 3 aromatic rings. The van der Waals surface area contributed by atoms with Crippen molar-refractivity contribution in [2.75, 3.05) is 0 Å². The maximum atomic E-state index is 12.6. The van der Waals surface area contributed by atoms with Gasteiger partial charge in [0.1, 0.15) is 23.4 Å². The Bertz CT molecular complexity index is 1620. The van der Waals surface area contributed by atoms with E-state index in [4.69, 9.17) is 10.00 Å². The summed E-state index contributed by atoms with van der Waals surface area (Å²) in [6.45, 7) is 14.2. The van der Waals surface area contributed by atoms with E-state index in [0.29, 0.717) is 5.56 Å². The molecule has 1 N–H and O–H groups in total. The van der Waals surface area contributed by atoms with Gasteiger partial charge in [-0.2, -0.15) is 5.26 Å². The lowest BCUT2D eigenvalue weighted by Crippen LogP contribution is -2.27. The zero-order valence-corrected chi connectivity index (χ0v) is 26.2. The molecule has 0 bridgehead atoms. The summed E-state index contributed by atoms with van der Waals surface area (Å²) in [6.07, 6.45) is 7.54. The van der Waals surface area contributed by atoms with Gasteiger partial charge in [0, 0.05) is 5.56 Å². The van der Waals surface area contributed by atoms with Gasteiger partial charge >= 0.3 is 5.97 Å². The molecule has 1 heterocycles. The molecule has 0 aromatic heterocycles. The van der Waals surface area contributed by atoms with Gasteiger partial charge in [-0.1, -0.05) is 75.1 Å². The zero-order chi connectivity index (χ0) is 31.7. The Morgan fingerprint density at radius 2 is 1.81 bits per heavy atom. The van der Waals surface area contributed by atoms with Crippen molar-refractivity contribution in [2.45, 2.75) is 73.5 Å². The lowest BCUT2D eigenvalue weighted by atomic mass is 9.56. The van der Waals surface area contributed by atoms with Crippen LogP contribution >= 0.6 is 0 Å². The van der Waals surface area contributed by atoms with Gasteiger partial charge in [0.05, 0.1) is 11.1 Å². The molecule has 1 unspecified atom stereocenters. The Morgan fingerprint density at radius 3 is 2.40 bits per heavy atom. The van der Waals surface area contributed by atoms with E-state index in [9.17, 15) is 14.3 Å². The molecule has 1 aliphatic carbocycles. The third-order valence-electron chi connectivity index (χ3n) is 7.32. The molecule has 1 radical (unpaired) electrons. The highest BCUT2D eigenvalue weighted by Crippen LogP contribution is 2.47. The number of ether oxygens (including phenoxy) is 1. The Morgan fingerprint density at radius 1 is 1.12 bits per heavy atom. The number of halogens is 1. The Labute approximate surface area is 256 Å². The van der Waals surface area contributed by atoms with Crippen molar-refractivity contribution in [3.63, 3.8) is 0 Å². The highest BCUT2D eigenvalue weighted by atomic mass is 19.1. The van der Waals surface area contributed by atoms with Gasteiger partial charge < -0.3 is 9.84 Å². The van der Waals surface area contributed by atoms with Crippen LogP contribution in [0.4, 0.5) is 4.39 Å². The topological polar surface area (TPSA) is 70.3 Å². The molecule has 43 heavy (non-hydrogen) atoms. The first kappa shape index (κ1) is 33.1. The molecule has 3 aromatic carbocycles. The Balaban J connectivity index is 0.000000356. The number of allylic oxidation sites excluding steroid dienone is 5. The number of aromatic carboxylic acids is 1. The summed E-state index contributed by atoms with van der Waals surface area (Å²) in [4.78, 5) is 11.7. The van der Waals surface area contributed by atoms with E-state index >= 15 is 0 Å². The second-order valence-corrected chi connectivity index (χ2v) is 10.5. The molecule has 1 aliphatic heterocycles. The van der Waals surface area contributed by atoms with Crippen LogP contribution < -0.4 is 10.2 Å². The summed E-state index contributed by atoms with van der Waals surface area (Å²) in [5.74, 6) is 0.474. The van der Waals surface area contributed by atoms with Crippen molar-refractivity contribution in [2.24, 2.45) is 0 Å². The second-order valence-electron chi connectivity index (χ2n) is 10.5. The molecular formula is C37H40BFNO3. The minimum atomic E-state index is -0.909. The summed E-state index contributed by atoms with van der Waals surface area (Å²) in [6, 6.07) is 17.8. The third-order valence-corrected chi connectivity index (χ3v) is 7.32. The number of carboxylic acids is 1. The number of rotatable bonds is 6. The second kappa shape index (κ2) is 15.2. The summed E-state index contributed by atoms with van der Waals surface area (Å²) < 4.78 is 19.2. The molecule has 5 rings (SSSR count). The normalized spacial score (nSPS) is 13.9. The Kier molecular flexibility index (Phi) is 11.7. The molecule has 4 nitrogen and oxygen atoms in total. The van der Waals surface area contributed by atoms with E-state index in [2.05, 4.69) is 52.0 Å². The van der Waals surface area contributed by atoms with Crippen LogP contribution in [0, 0.1) is 31.0 Å². The number of carboxylic acid groups (broad SMARTS) is 1. The smallest absolute Gasteiger partial charge is 0.335 e. The van der Waals surface area contributed by atoms with Crippen LogP contribution in [0.25, 0.3) is 5.57 Å². The lowest BCUT2D eigenvalue weighted by Gasteiger charge is -2.27. The zero-order valence-electron chi connectivity index (χ0n) is 26.2. The van der Waals surface area contributed by atoms with E-state index in [1.807, 2.05) is 33.3 Å². The minimum absolute atomic E-state index is 0.00497. The average Bonchev–Trinajstić information content (AvgIpc) is 3.84. The quantitative estimate of drug-likeness (QED) is 0.297. The van der Waals surface area contributed by atoms with Crippen molar-refractivity contribution < 1.29 is 19.0 Å². The molecule has 1 saturated carbocycles. The number of carbonyl (C=O) groups is 1. The summed E-state index contributed by atoms with van der Waals surface area (Å²) in [5, 5.41) is 17.9. The first-order valence-electron chi connectivity index (χ1n) is 14.9. The van der Waals surface area contributed by atoms with Crippen molar-refractivity contribution in [1.29, 1.82) is 5.26 Å². The summed E-state index contributed by atoms with van der Waals surface area (Å²) in [7, 11) is 2.03. The number of benzene rings is 3. The molecule has 1 fully saturated rings. The van der Waals surface area contributed by atoms with Crippen LogP contribution in [-0.2, 0) is 0 Å².